The molecule has 0 aliphatic rings. The lowest BCUT2D eigenvalue weighted by atomic mass is 10.1. The van der Waals surface area contributed by atoms with Crippen LogP contribution in [0.15, 0.2) is 18.2 Å². The fourth-order valence-corrected chi connectivity index (χ4v) is 1.37. The van der Waals surface area contributed by atoms with E-state index in [1.54, 1.807) is 12.1 Å². The average Bonchev–Trinajstić information content (AvgIpc) is 2.70. The Morgan fingerprint density at radius 2 is 2.27 bits per heavy atom. The number of tetrazole rings is 1. The fraction of sp³-hybridized carbons (Fsp3) is 0. The van der Waals surface area contributed by atoms with Gasteiger partial charge in [-0.15, -0.1) is 5.10 Å². The van der Waals surface area contributed by atoms with E-state index in [9.17, 15) is 4.79 Å². The lowest BCUT2D eigenvalue weighted by molar-refractivity contribution is 0.100. The summed E-state index contributed by atoms with van der Waals surface area (Å²) in [7, 11) is 0. The van der Waals surface area contributed by atoms with E-state index in [1.165, 1.54) is 6.07 Å². The second-order valence-corrected chi connectivity index (χ2v) is 3.24. The van der Waals surface area contributed by atoms with E-state index in [0.717, 1.165) is 0 Å². The molecular weight excluding hydrogens is 218 g/mol. The molecule has 2 rings (SSSR count). The first-order valence-electron chi connectivity index (χ1n) is 4.02. The van der Waals surface area contributed by atoms with Crippen molar-refractivity contribution in [1.29, 1.82) is 0 Å². The Morgan fingerprint density at radius 1 is 1.47 bits per heavy atom. The lowest BCUT2D eigenvalue weighted by Crippen LogP contribution is -2.12. The van der Waals surface area contributed by atoms with Crippen LogP contribution in [-0.4, -0.2) is 26.5 Å². The predicted octanol–water partition coefficient (Wildman–Crippen LogP) is 0.619. The van der Waals surface area contributed by atoms with Gasteiger partial charge in [-0.3, -0.25) is 4.79 Å². The van der Waals surface area contributed by atoms with Crippen LogP contribution in [0, 0.1) is 0 Å². The van der Waals surface area contributed by atoms with E-state index < -0.39 is 5.91 Å². The Labute approximate surface area is 89.4 Å². The van der Waals surface area contributed by atoms with Crippen LogP contribution in [0.1, 0.15) is 10.4 Å². The Bertz CT molecular complexity index is 496. The Hall–Kier alpha value is -1.95. The number of amides is 1. The Kier molecular flexibility index (Phi) is 2.34. The van der Waals surface area contributed by atoms with Crippen LogP contribution < -0.4 is 5.73 Å². The summed E-state index contributed by atoms with van der Waals surface area (Å²) in [5.74, 6) is -0.204. The number of nitrogens with two attached hydrogens (primary N) is 1. The lowest BCUT2D eigenvalue weighted by Gasteiger charge is -2.02. The van der Waals surface area contributed by atoms with Crippen molar-refractivity contribution in [2.45, 2.75) is 0 Å². The summed E-state index contributed by atoms with van der Waals surface area (Å²) >= 11 is 5.75. The highest BCUT2D eigenvalue weighted by Crippen LogP contribution is 2.22. The molecular formula is C8H6ClN5O. The van der Waals surface area contributed by atoms with Gasteiger partial charge in [-0.2, -0.15) is 0 Å². The molecule has 0 aliphatic heterocycles. The standard InChI is InChI=1S/C8H6ClN5O/c9-4-1-2-5(6(3-4)7(10)15)8-11-13-14-12-8/h1-3H,(H2,10,15)(H,11,12,13,14). The van der Waals surface area contributed by atoms with Gasteiger partial charge in [0.15, 0.2) is 5.82 Å². The number of halogens is 1. The maximum Gasteiger partial charge on any atom is 0.249 e. The maximum absolute atomic E-state index is 11.2. The van der Waals surface area contributed by atoms with Gasteiger partial charge in [0.05, 0.1) is 5.56 Å². The molecule has 7 heteroatoms. The van der Waals surface area contributed by atoms with Crippen molar-refractivity contribution in [1.82, 2.24) is 20.6 Å². The molecule has 0 aliphatic carbocycles. The van der Waals surface area contributed by atoms with Crippen molar-refractivity contribution in [2.24, 2.45) is 5.73 Å². The second kappa shape index (κ2) is 3.66. The number of primary amides is 1. The first-order chi connectivity index (χ1) is 7.18. The van der Waals surface area contributed by atoms with E-state index in [4.69, 9.17) is 17.3 Å². The summed E-state index contributed by atoms with van der Waals surface area (Å²) in [6.45, 7) is 0. The zero-order valence-electron chi connectivity index (χ0n) is 7.44. The molecule has 0 saturated heterocycles. The third-order valence-corrected chi connectivity index (χ3v) is 2.08. The number of carbonyl (C=O) groups is 1. The molecule has 1 aromatic carbocycles. The molecule has 76 valence electrons. The Balaban J connectivity index is 2.61. The van der Waals surface area contributed by atoms with Crippen LogP contribution in [-0.2, 0) is 0 Å². The van der Waals surface area contributed by atoms with E-state index in [0.29, 0.717) is 16.4 Å². The minimum Gasteiger partial charge on any atom is -0.366 e. The SMILES string of the molecule is NC(=O)c1cc(Cl)ccc1-c1nnn[nH]1. The molecule has 0 fully saturated rings. The van der Waals surface area contributed by atoms with Gasteiger partial charge < -0.3 is 5.73 Å². The molecule has 1 heterocycles. The summed E-state index contributed by atoms with van der Waals surface area (Å²) in [5.41, 5.74) is 6.01. The van der Waals surface area contributed by atoms with Gasteiger partial charge in [-0.1, -0.05) is 11.6 Å². The van der Waals surface area contributed by atoms with Crippen LogP contribution in [0.5, 0.6) is 0 Å². The van der Waals surface area contributed by atoms with Crippen LogP contribution in [0.4, 0.5) is 0 Å². The fourth-order valence-electron chi connectivity index (χ4n) is 1.20. The number of benzene rings is 1. The second-order valence-electron chi connectivity index (χ2n) is 2.80. The van der Waals surface area contributed by atoms with Gasteiger partial charge in [0.1, 0.15) is 0 Å². The van der Waals surface area contributed by atoms with Gasteiger partial charge in [0, 0.05) is 10.6 Å². The van der Waals surface area contributed by atoms with Gasteiger partial charge >= 0.3 is 0 Å². The highest BCUT2D eigenvalue weighted by Gasteiger charge is 2.12. The van der Waals surface area contributed by atoms with Crippen molar-refractivity contribution < 1.29 is 4.79 Å². The van der Waals surface area contributed by atoms with Crippen LogP contribution in [0.3, 0.4) is 0 Å². The Morgan fingerprint density at radius 3 is 2.87 bits per heavy atom. The van der Waals surface area contributed by atoms with Crippen LogP contribution >= 0.6 is 11.6 Å². The molecule has 1 aromatic heterocycles. The number of rotatable bonds is 2. The van der Waals surface area contributed by atoms with Gasteiger partial charge in [-0.25, -0.2) is 5.10 Å². The molecule has 0 saturated carbocycles. The first kappa shape index (κ1) is 9.60. The van der Waals surface area contributed by atoms with Crippen molar-refractivity contribution in [3.8, 4) is 11.4 Å². The molecule has 2 aromatic rings. The molecule has 0 atom stereocenters. The molecule has 15 heavy (non-hydrogen) atoms. The van der Waals surface area contributed by atoms with E-state index in [2.05, 4.69) is 20.6 Å². The molecule has 3 N–H and O–H groups in total. The topological polar surface area (TPSA) is 97.6 Å². The normalized spacial score (nSPS) is 10.2. The summed E-state index contributed by atoms with van der Waals surface area (Å²) in [6, 6.07) is 4.73. The number of H-pyrrole nitrogens is 1. The number of carbonyl (C=O) groups excluding carboxylic acids is 1. The summed E-state index contributed by atoms with van der Waals surface area (Å²) in [5, 5.41) is 13.5. The van der Waals surface area contributed by atoms with Crippen LogP contribution in [0.25, 0.3) is 11.4 Å². The summed E-state index contributed by atoms with van der Waals surface area (Å²) < 4.78 is 0. The van der Waals surface area contributed by atoms with Gasteiger partial charge in [0.2, 0.25) is 5.91 Å². The number of aromatic nitrogens is 4. The minimum absolute atomic E-state index is 0.279. The highest BCUT2D eigenvalue weighted by molar-refractivity contribution is 6.31. The number of nitrogens with zero attached hydrogens (tertiary/aromatic N) is 3. The van der Waals surface area contributed by atoms with Crippen LogP contribution in [0.2, 0.25) is 5.02 Å². The third kappa shape index (κ3) is 1.79. The first-order valence-corrected chi connectivity index (χ1v) is 4.39. The molecule has 0 radical (unpaired) electrons. The third-order valence-electron chi connectivity index (χ3n) is 1.85. The maximum atomic E-state index is 11.2. The number of hydrogen-bond donors (Lipinski definition) is 2. The number of hydrogen-bond acceptors (Lipinski definition) is 4. The van der Waals surface area contributed by atoms with Gasteiger partial charge in [0.25, 0.3) is 0 Å². The molecule has 6 nitrogen and oxygen atoms in total. The molecule has 1 amide bonds. The smallest absolute Gasteiger partial charge is 0.249 e. The number of nitrogens with one attached hydrogen (secondary N) is 1. The van der Waals surface area contributed by atoms with Crippen molar-refractivity contribution in [3.05, 3.63) is 28.8 Å². The monoisotopic (exact) mass is 223 g/mol. The average molecular weight is 224 g/mol. The van der Waals surface area contributed by atoms with E-state index in [-0.39, 0.29) is 5.56 Å². The summed E-state index contributed by atoms with van der Waals surface area (Å²) in [4.78, 5) is 11.2. The van der Waals surface area contributed by atoms with Gasteiger partial charge in [-0.05, 0) is 28.6 Å². The molecule has 0 bridgehead atoms. The largest absolute Gasteiger partial charge is 0.366 e. The van der Waals surface area contributed by atoms with Crippen molar-refractivity contribution in [2.75, 3.05) is 0 Å². The van der Waals surface area contributed by atoms with Crippen molar-refractivity contribution in [3.63, 3.8) is 0 Å². The number of aromatic amines is 1. The van der Waals surface area contributed by atoms with Crippen molar-refractivity contribution >= 4 is 17.5 Å². The van der Waals surface area contributed by atoms with E-state index in [1.807, 2.05) is 0 Å². The zero-order valence-corrected chi connectivity index (χ0v) is 8.19. The predicted molar refractivity (Wildman–Crippen MR) is 53.1 cm³/mol. The summed E-state index contributed by atoms with van der Waals surface area (Å²) in [6.07, 6.45) is 0. The minimum atomic E-state index is -0.580. The highest BCUT2D eigenvalue weighted by atomic mass is 35.5. The molecule has 0 unspecified atom stereocenters. The quantitative estimate of drug-likeness (QED) is 0.780. The van der Waals surface area contributed by atoms with E-state index >= 15 is 0 Å². The zero-order chi connectivity index (χ0) is 10.8. The molecule has 0 spiro atoms.